The van der Waals surface area contributed by atoms with Crippen LogP contribution >= 0.6 is 11.8 Å². The molecule has 1 aromatic heterocycles. The van der Waals surface area contributed by atoms with Gasteiger partial charge in [0.05, 0.1) is 12.4 Å². The van der Waals surface area contributed by atoms with E-state index in [1.807, 2.05) is 26.0 Å². The first-order chi connectivity index (χ1) is 7.20. The number of nitrogens with one attached hydrogen (secondary N) is 1. The van der Waals surface area contributed by atoms with E-state index in [-0.39, 0.29) is 6.10 Å². The summed E-state index contributed by atoms with van der Waals surface area (Å²) in [5, 5.41) is 9.96. The molecule has 4 heteroatoms. The van der Waals surface area contributed by atoms with Crippen LogP contribution in [0.4, 0.5) is 0 Å². The van der Waals surface area contributed by atoms with Crippen LogP contribution in [0.25, 0.3) is 0 Å². The van der Waals surface area contributed by atoms with E-state index in [4.69, 9.17) is 10.1 Å². The first-order valence-corrected chi connectivity index (χ1v) is 5.54. The van der Waals surface area contributed by atoms with Gasteiger partial charge >= 0.3 is 0 Å². The van der Waals surface area contributed by atoms with E-state index in [0.717, 1.165) is 5.56 Å². The first-order valence-electron chi connectivity index (χ1n) is 4.66. The third-order valence-electron chi connectivity index (χ3n) is 1.52. The second-order valence-corrected chi connectivity index (χ2v) is 4.06. The molecule has 0 aliphatic heterocycles. The monoisotopic (exact) mass is 222 g/mol. The summed E-state index contributed by atoms with van der Waals surface area (Å²) in [6.45, 7) is 3.92. The molecule has 1 N–H and O–H groups in total. The Morgan fingerprint density at radius 3 is 3.00 bits per heavy atom. The van der Waals surface area contributed by atoms with Gasteiger partial charge in [-0.2, -0.15) is 0 Å². The Bertz CT molecular complexity index is 336. The molecule has 0 bridgehead atoms. The van der Waals surface area contributed by atoms with Crippen molar-refractivity contribution < 1.29 is 4.74 Å². The molecule has 1 heterocycles. The van der Waals surface area contributed by atoms with Crippen LogP contribution in [-0.2, 0) is 4.74 Å². The van der Waals surface area contributed by atoms with Gasteiger partial charge in [-0.25, -0.2) is 0 Å². The minimum atomic E-state index is 0.175. The summed E-state index contributed by atoms with van der Waals surface area (Å²) in [6, 6.07) is 3.68. The highest BCUT2D eigenvalue weighted by Gasteiger charge is 1.98. The summed E-state index contributed by atoms with van der Waals surface area (Å²) >= 11 is 1.31. The lowest BCUT2D eigenvalue weighted by Crippen LogP contribution is -1.95. The SMILES string of the molecule is CC(C)O/C=C/SC(=N)c1cccnc1. The molecule has 0 aromatic carbocycles. The summed E-state index contributed by atoms with van der Waals surface area (Å²) in [7, 11) is 0. The van der Waals surface area contributed by atoms with Crippen LogP contribution in [-0.4, -0.2) is 16.1 Å². The van der Waals surface area contributed by atoms with Crippen molar-refractivity contribution in [2.24, 2.45) is 0 Å². The lowest BCUT2D eigenvalue weighted by Gasteiger charge is -2.02. The third-order valence-corrected chi connectivity index (χ3v) is 2.23. The first kappa shape index (κ1) is 11.8. The fourth-order valence-electron chi connectivity index (χ4n) is 0.850. The molecule has 0 amide bonds. The van der Waals surface area contributed by atoms with Gasteiger partial charge in [-0.1, -0.05) is 11.8 Å². The highest BCUT2D eigenvalue weighted by atomic mass is 32.2. The van der Waals surface area contributed by atoms with Crippen LogP contribution in [0.15, 0.2) is 36.2 Å². The molecule has 80 valence electrons. The van der Waals surface area contributed by atoms with Gasteiger partial charge in [0, 0.05) is 23.4 Å². The molecular formula is C11H14N2OS. The summed E-state index contributed by atoms with van der Waals surface area (Å²) in [5.74, 6) is 0. The fraction of sp³-hybridized carbons (Fsp3) is 0.273. The second kappa shape index (κ2) is 6.24. The van der Waals surface area contributed by atoms with Crippen molar-refractivity contribution >= 4 is 16.8 Å². The van der Waals surface area contributed by atoms with Crippen LogP contribution in [0.5, 0.6) is 0 Å². The zero-order valence-electron chi connectivity index (χ0n) is 8.81. The molecule has 0 aliphatic carbocycles. The molecule has 15 heavy (non-hydrogen) atoms. The second-order valence-electron chi connectivity index (χ2n) is 3.15. The Hall–Kier alpha value is -1.29. The van der Waals surface area contributed by atoms with E-state index in [2.05, 4.69) is 4.98 Å². The van der Waals surface area contributed by atoms with Gasteiger partial charge in [0.25, 0.3) is 0 Å². The smallest absolute Gasteiger partial charge is 0.100 e. The van der Waals surface area contributed by atoms with Crippen LogP contribution in [0.2, 0.25) is 0 Å². The largest absolute Gasteiger partial charge is 0.498 e. The van der Waals surface area contributed by atoms with Crippen molar-refractivity contribution in [2.75, 3.05) is 0 Å². The number of ether oxygens (including phenoxy) is 1. The predicted octanol–water partition coefficient (Wildman–Crippen LogP) is 3.04. The molecule has 0 radical (unpaired) electrons. The van der Waals surface area contributed by atoms with Crippen molar-refractivity contribution in [1.29, 1.82) is 5.41 Å². The van der Waals surface area contributed by atoms with Crippen molar-refractivity contribution in [3.8, 4) is 0 Å². The Morgan fingerprint density at radius 1 is 1.60 bits per heavy atom. The fourth-order valence-corrected chi connectivity index (χ4v) is 1.36. The molecule has 0 saturated carbocycles. The number of rotatable bonds is 4. The summed E-state index contributed by atoms with van der Waals surface area (Å²) in [5.41, 5.74) is 0.816. The minimum absolute atomic E-state index is 0.175. The van der Waals surface area contributed by atoms with E-state index >= 15 is 0 Å². The van der Waals surface area contributed by atoms with Crippen LogP contribution in [0, 0.1) is 5.41 Å². The Kier molecular flexibility index (Phi) is 4.90. The average molecular weight is 222 g/mol. The number of hydrogen-bond acceptors (Lipinski definition) is 4. The van der Waals surface area contributed by atoms with Gasteiger partial charge < -0.3 is 4.74 Å². The number of hydrogen-bond donors (Lipinski definition) is 1. The summed E-state index contributed by atoms with van der Waals surface area (Å²) in [6.07, 6.45) is 5.15. The van der Waals surface area contributed by atoms with Gasteiger partial charge in [-0.3, -0.25) is 10.4 Å². The van der Waals surface area contributed by atoms with E-state index in [1.165, 1.54) is 11.8 Å². The molecule has 0 aliphatic rings. The zero-order valence-corrected chi connectivity index (χ0v) is 9.62. The standard InChI is InChI=1S/C11H14N2OS/c1-9(2)14-6-7-15-11(12)10-4-3-5-13-8-10/h3-9,12H,1-2H3/b7-6+,12-11?. The predicted molar refractivity (Wildman–Crippen MR) is 64.0 cm³/mol. The Morgan fingerprint density at radius 2 is 2.40 bits per heavy atom. The molecule has 3 nitrogen and oxygen atoms in total. The molecule has 0 spiro atoms. The molecule has 1 aromatic rings. The molecule has 0 saturated heterocycles. The minimum Gasteiger partial charge on any atom is -0.498 e. The average Bonchev–Trinajstić information content (AvgIpc) is 2.25. The van der Waals surface area contributed by atoms with Crippen molar-refractivity contribution in [3.05, 3.63) is 41.8 Å². The topological polar surface area (TPSA) is 46.0 Å². The lowest BCUT2D eigenvalue weighted by atomic mass is 10.3. The van der Waals surface area contributed by atoms with E-state index < -0.39 is 0 Å². The maximum Gasteiger partial charge on any atom is 0.100 e. The Balaban J connectivity index is 2.40. The van der Waals surface area contributed by atoms with Gasteiger partial charge in [0.15, 0.2) is 0 Å². The van der Waals surface area contributed by atoms with Crippen LogP contribution < -0.4 is 0 Å². The van der Waals surface area contributed by atoms with Gasteiger partial charge in [0.2, 0.25) is 0 Å². The number of thioether (sulfide) groups is 1. The van der Waals surface area contributed by atoms with Gasteiger partial charge in [-0.05, 0) is 26.0 Å². The molecule has 0 unspecified atom stereocenters. The molecular weight excluding hydrogens is 208 g/mol. The van der Waals surface area contributed by atoms with Gasteiger partial charge in [-0.15, -0.1) is 0 Å². The van der Waals surface area contributed by atoms with Crippen LogP contribution in [0.1, 0.15) is 19.4 Å². The zero-order chi connectivity index (χ0) is 11.1. The van der Waals surface area contributed by atoms with Crippen LogP contribution in [0.3, 0.4) is 0 Å². The number of pyridine rings is 1. The highest BCUT2D eigenvalue weighted by molar-refractivity contribution is 8.16. The number of aromatic nitrogens is 1. The van der Waals surface area contributed by atoms with Crippen molar-refractivity contribution in [2.45, 2.75) is 20.0 Å². The van der Waals surface area contributed by atoms with E-state index in [0.29, 0.717) is 5.04 Å². The summed E-state index contributed by atoms with van der Waals surface area (Å²) < 4.78 is 5.21. The quantitative estimate of drug-likeness (QED) is 0.484. The lowest BCUT2D eigenvalue weighted by molar-refractivity contribution is 0.180. The summed E-state index contributed by atoms with van der Waals surface area (Å²) in [4.78, 5) is 3.95. The van der Waals surface area contributed by atoms with Crippen molar-refractivity contribution in [3.63, 3.8) is 0 Å². The van der Waals surface area contributed by atoms with Gasteiger partial charge in [0.1, 0.15) is 5.04 Å². The maximum atomic E-state index is 7.73. The Labute approximate surface area is 94.1 Å². The van der Waals surface area contributed by atoms with E-state index in [1.54, 1.807) is 24.1 Å². The molecule has 1 rings (SSSR count). The third kappa shape index (κ3) is 4.65. The number of nitrogens with zero attached hydrogens (tertiary/aromatic N) is 1. The molecule has 0 atom stereocenters. The normalized spacial score (nSPS) is 10.9. The van der Waals surface area contributed by atoms with Crippen molar-refractivity contribution in [1.82, 2.24) is 4.98 Å². The van der Waals surface area contributed by atoms with E-state index in [9.17, 15) is 0 Å². The highest BCUT2D eigenvalue weighted by Crippen LogP contribution is 2.12. The molecule has 0 fully saturated rings. The maximum absolute atomic E-state index is 7.73.